The monoisotopic (exact) mass is 260 g/mol. The van der Waals surface area contributed by atoms with Gasteiger partial charge in [-0.15, -0.1) is 0 Å². The van der Waals surface area contributed by atoms with Gasteiger partial charge in [0.2, 0.25) is 0 Å². The normalized spacial score (nSPS) is 11.9. The Morgan fingerprint density at radius 2 is 1.89 bits per heavy atom. The average Bonchev–Trinajstić information content (AvgIpc) is 2.28. The zero-order chi connectivity index (χ0) is 14.2. The Hall–Kier alpha value is -1.64. The fourth-order valence-electron chi connectivity index (χ4n) is 2.29. The van der Waals surface area contributed by atoms with Crippen molar-refractivity contribution in [2.24, 2.45) is 0 Å². The summed E-state index contributed by atoms with van der Waals surface area (Å²) in [6, 6.07) is 5.14. The van der Waals surface area contributed by atoms with Gasteiger partial charge in [0.25, 0.3) is 0 Å². The first-order valence-corrected chi connectivity index (χ1v) is 6.68. The van der Waals surface area contributed by atoms with Crippen LogP contribution in [0.2, 0.25) is 0 Å². The van der Waals surface area contributed by atoms with Crippen LogP contribution in [0.5, 0.6) is 0 Å². The molecule has 0 fully saturated rings. The number of pyridine rings is 1. The van der Waals surface area contributed by atoms with Gasteiger partial charge >= 0.3 is 0 Å². The number of halogens is 1. The molecule has 0 saturated heterocycles. The minimum absolute atomic E-state index is 0.0289. The van der Waals surface area contributed by atoms with Gasteiger partial charge in [0, 0.05) is 17.5 Å². The maximum atomic E-state index is 13.5. The molecular formula is C16H21FN2. The first-order valence-electron chi connectivity index (χ1n) is 6.68. The number of fused-ring (bicyclic) bond motifs is 1. The molecule has 2 nitrogen and oxygen atoms in total. The minimum atomic E-state index is -0.206. The second-order valence-electron chi connectivity index (χ2n) is 5.96. The Balaban J connectivity index is 2.76. The fraction of sp³-hybridized carbons (Fsp3) is 0.438. The van der Waals surface area contributed by atoms with Crippen molar-refractivity contribution in [3.05, 3.63) is 35.1 Å². The highest BCUT2D eigenvalue weighted by atomic mass is 19.1. The van der Waals surface area contributed by atoms with Crippen LogP contribution in [0.3, 0.4) is 0 Å². The molecule has 102 valence electrons. The van der Waals surface area contributed by atoms with Gasteiger partial charge in [-0.25, -0.2) is 9.37 Å². The Bertz CT molecular complexity index is 612. The van der Waals surface area contributed by atoms with Crippen molar-refractivity contribution in [1.82, 2.24) is 4.98 Å². The highest BCUT2D eigenvalue weighted by molar-refractivity contribution is 5.85. The summed E-state index contributed by atoms with van der Waals surface area (Å²) < 4.78 is 13.5. The van der Waals surface area contributed by atoms with E-state index in [2.05, 4.69) is 39.1 Å². The van der Waals surface area contributed by atoms with Gasteiger partial charge in [0.05, 0.1) is 5.52 Å². The lowest BCUT2D eigenvalue weighted by Gasteiger charge is -2.23. The molecule has 1 N–H and O–H groups in total. The topological polar surface area (TPSA) is 24.9 Å². The zero-order valence-electron chi connectivity index (χ0n) is 12.3. The molecule has 2 rings (SSSR count). The number of hydrogen-bond acceptors (Lipinski definition) is 2. The van der Waals surface area contributed by atoms with Crippen LogP contribution < -0.4 is 5.32 Å². The van der Waals surface area contributed by atoms with Crippen molar-refractivity contribution in [1.29, 1.82) is 0 Å². The number of aromatic nitrogens is 1. The molecule has 1 aromatic carbocycles. The number of benzene rings is 1. The highest BCUT2D eigenvalue weighted by Gasteiger charge is 2.20. The summed E-state index contributed by atoms with van der Waals surface area (Å²) in [6.07, 6.45) is 0. The number of nitrogens with zero attached hydrogens (tertiary/aromatic N) is 1. The lowest BCUT2D eigenvalue weighted by atomic mass is 9.86. The van der Waals surface area contributed by atoms with Crippen LogP contribution in [-0.4, -0.2) is 11.5 Å². The number of rotatable bonds is 2. The van der Waals surface area contributed by atoms with Crippen LogP contribution in [0, 0.1) is 12.7 Å². The van der Waals surface area contributed by atoms with E-state index in [0.29, 0.717) is 0 Å². The highest BCUT2D eigenvalue weighted by Crippen LogP contribution is 2.32. The van der Waals surface area contributed by atoms with E-state index >= 15 is 0 Å². The smallest absolute Gasteiger partial charge is 0.130 e. The summed E-state index contributed by atoms with van der Waals surface area (Å²) in [7, 11) is 0. The van der Waals surface area contributed by atoms with E-state index in [-0.39, 0.29) is 11.2 Å². The lowest BCUT2D eigenvalue weighted by Crippen LogP contribution is -2.16. The summed E-state index contributed by atoms with van der Waals surface area (Å²) in [5, 5.41) is 4.18. The van der Waals surface area contributed by atoms with E-state index in [1.54, 1.807) is 6.07 Å². The van der Waals surface area contributed by atoms with Gasteiger partial charge in [0.1, 0.15) is 11.6 Å². The summed E-state index contributed by atoms with van der Waals surface area (Å²) in [4.78, 5) is 4.69. The SMILES string of the molecule is CCNc1nc2c(C)cc(F)cc2cc1C(C)(C)C. The molecule has 0 aliphatic rings. The third-order valence-electron chi connectivity index (χ3n) is 3.23. The number of aryl methyl sites for hydroxylation is 1. The molecule has 0 saturated carbocycles. The maximum Gasteiger partial charge on any atom is 0.130 e. The Labute approximate surface area is 114 Å². The van der Waals surface area contributed by atoms with Gasteiger partial charge in [-0.05, 0) is 43.0 Å². The first kappa shape index (κ1) is 13.8. The van der Waals surface area contributed by atoms with Crippen molar-refractivity contribution in [2.75, 3.05) is 11.9 Å². The Morgan fingerprint density at radius 3 is 2.47 bits per heavy atom. The summed E-state index contributed by atoms with van der Waals surface area (Å²) in [5.41, 5.74) is 2.82. The molecule has 2 aromatic rings. The van der Waals surface area contributed by atoms with Gasteiger partial charge in [-0.2, -0.15) is 0 Å². The molecule has 1 heterocycles. The van der Waals surface area contributed by atoms with Crippen LogP contribution in [-0.2, 0) is 5.41 Å². The molecule has 1 aromatic heterocycles. The zero-order valence-corrected chi connectivity index (χ0v) is 12.3. The predicted octanol–water partition coefficient (Wildman–Crippen LogP) is 4.41. The minimum Gasteiger partial charge on any atom is -0.370 e. The summed E-state index contributed by atoms with van der Waals surface area (Å²) >= 11 is 0. The van der Waals surface area contributed by atoms with Crippen molar-refractivity contribution < 1.29 is 4.39 Å². The summed E-state index contributed by atoms with van der Waals surface area (Å²) in [5.74, 6) is 0.695. The molecule has 0 amide bonds. The van der Waals surface area contributed by atoms with Crippen LogP contribution in [0.1, 0.15) is 38.8 Å². The van der Waals surface area contributed by atoms with Crippen molar-refractivity contribution in [2.45, 2.75) is 40.0 Å². The second-order valence-corrected chi connectivity index (χ2v) is 5.96. The first-order chi connectivity index (χ1) is 8.82. The van der Waals surface area contributed by atoms with Crippen molar-refractivity contribution in [3.8, 4) is 0 Å². The van der Waals surface area contributed by atoms with Gasteiger partial charge in [-0.1, -0.05) is 20.8 Å². The van der Waals surface area contributed by atoms with Crippen LogP contribution in [0.15, 0.2) is 18.2 Å². The Kier molecular flexibility index (Phi) is 3.48. The fourth-order valence-corrected chi connectivity index (χ4v) is 2.29. The molecule has 0 spiro atoms. The molecule has 0 aliphatic heterocycles. The molecule has 0 bridgehead atoms. The predicted molar refractivity (Wildman–Crippen MR) is 79.3 cm³/mol. The van der Waals surface area contributed by atoms with Gasteiger partial charge in [0.15, 0.2) is 0 Å². The second kappa shape index (κ2) is 4.80. The van der Waals surface area contributed by atoms with Crippen LogP contribution >= 0.6 is 0 Å². The standard InChI is InChI=1S/C16H21FN2/c1-6-18-15-13(16(3,4)5)9-11-8-12(17)7-10(2)14(11)19-15/h7-9H,6H2,1-5H3,(H,18,19). The molecule has 0 unspecified atom stereocenters. The summed E-state index contributed by atoms with van der Waals surface area (Å²) in [6.45, 7) is 11.2. The molecule has 0 atom stereocenters. The van der Waals surface area contributed by atoms with Crippen molar-refractivity contribution >= 4 is 16.7 Å². The Morgan fingerprint density at radius 1 is 1.21 bits per heavy atom. The quantitative estimate of drug-likeness (QED) is 0.865. The van der Waals surface area contributed by atoms with E-state index in [9.17, 15) is 4.39 Å². The third kappa shape index (κ3) is 2.70. The number of nitrogens with one attached hydrogen (secondary N) is 1. The molecule has 0 aliphatic carbocycles. The van der Waals surface area contributed by atoms with E-state index in [4.69, 9.17) is 4.98 Å². The molecule has 0 radical (unpaired) electrons. The van der Waals surface area contributed by atoms with E-state index in [1.807, 2.05) is 6.92 Å². The van der Waals surface area contributed by atoms with Crippen molar-refractivity contribution in [3.63, 3.8) is 0 Å². The number of hydrogen-bond donors (Lipinski definition) is 1. The largest absolute Gasteiger partial charge is 0.370 e. The van der Waals surface area contributed by atoms with E-state index in [0.717, 1.165) is 34.4 Å². The third-order valence-corrected chi connectivity index (χ3v) is 3.23. The van der Waals surface area contributed by atoms with Gasteiger partial charge in [-0.3, -0.25) is 0 Å². The lowest BCUT2D eigenvalue weighted by molar-refractivity contribution is 0.590. The molecule has 3 heteroatoms. The maximum absolute atomic E-state index is 13.5. The van der Waals surface area contributed by atoms with Crippen LogP contribution in [0.4, 0.5) is 10.2 Å². The van der Waals surface area contributed by atoms with Crippen LogP contribution in [0.25, 0.3) is 10.9 Å². The molecule has 19 heavy (non-hydrogen) atoms. The van der Waals surface area contributed by atoms with E-state index < -0.39 is 0 Å². The molecular weight excluding hydrogens is 239 g/mol. The van der Waals surface area contributed by atoms with E-state index in [1.165, 1.54) is 6.07 Å². The average molecular weight is 260 g/mol. The van der Waals surface area contributed by atoms with Gasteiger partial charge < -0.3 is 5.32 Å². The number of anilines is 1.